The van der Waals surface area contributed by atoms with Crippen LogP contribution in [0.5, 0.6) is 0 Å². The van der Waals surface area contributed by atoms with E-state index in [2.05, 4.69) is 6.58 Å². The van der Waals surface area contributed by atoms with E-state index in [1.165, 1.54) is 0 Å². The van der Waals surface area contributed by atoms with Crippen molar-refractivity contribution in [2.75, 3.05) is 0 Å². The van der Waals surface area contributed by atoms with Crippen molar-refractivity contribution in [2.45, 2.75) is 6.42 Å². The molecular weight excluding hydrogens is 179 g/mol. The second kappa shape index (κ2) is 3.80. The molecule has 0 unspecified atom stereocenters. The molecular formula is C9H8Cl2. The first-order valence-electron chi connectivity index (χ1n) is 3.27. The molecule has 0 saturated carbocycles. The van der Waals surface area contributed by atoms with Gasteiger partial charge in [0.15, 0.2) is 0 Å². The summed E-state index contributed by atoms with van der Waals surface area (Å²) in [5, 5.41) is 1.35. The van der Waals surface area contributed by atoms with Crippen molar-refractivity contribution < 1.29 is 0 Å². The molecule has 0 aliphatic rings. The highest BCUT2D eigenvalue weighted by Crippen LogP contribution is 2.18. The molecule has 1 aromatic rings. The third-order valence-corrected chi connectivity index (χ3v) is 1.84. The van der Waals surface area contributed by atoms with Gasteiger partial charge in [0.1, 0.15) is 0 Å². The van der Waals surface area contributed by atoms with E-state index in [1.54, 1.807) is 0 Å². The lowest BCUT2D eigenvalue weighted by Crippen LogP contribution is -1.83. The Morgan fingerprint density at radius 1 is 1.36 bits per heavy atom. The summed E-state index contributed by atoms with van der Waals surface area (Å²) in [6.45, 7) is 3.60. The molecule has 0 aliphatic heterocycles. The average Bonchev–Trinajstić information content (AvgIpc) is 1.93. The summed E-state index contributed by atoms with van der Waals surface area (Å²) in [4.78, 5) is 0. The summed E-state index contributed by atoms with van der Waals surface area (Å²) >= 11 is 11.5. The molecule has 0 aromatic heterocycles. The van der Waals surface area contributed by atoms with Crippen molar-refractivity contribution >= 4 is 23.2 Å². The highest BCUT2D eigenvalue weighted by Gasteiger charge is 1.98. The Balaban J connectivity index is 2.86. The molecule has 0 bridgehead atoms. The van der Waals surface area contributed by atoms with Crippen LogP contribution in [-0.2, 0) is 6.42 Å². The van der Waals surface area contributed by atoms with Gasteiger partial charge in [-0.25, -0.2) is 0 Å². The van der Waals surface area contributed by atoms with Gasteiger partial charge in [0, 0.05) is 16.5 Å². The Bertz CT molecular complexity index is 266. The van der Waals surface area contributed by atoms with Gasteiger partial charge in [0.2, 0.25) is 0 Å². The molecule has 0 spiro atoms. The van der Waals surface area contributed by atoms with Crippen LogP contribution >= 0.6 is 23.2 Å². The molecule has 0 amide bonds. The summed E-state index contributed by atoms with van der Waals surface area (Å²) in [6, 6.07) is 7.61. The van der Waals surface area contributed by atoms with Crippen LogP contribution in [0.15, 0.2) is 35.9 Å². The van der Waals surface area contributed by atoms with E-state index in [1.807, 2.05) is 24.3 Å². The normalized spacial score (nSPS) is 9.64. The number of allylic oxidation sites excluding steroid dienone is 1. The second-order valence-electron chi connectivity index (χ2n) is 2.29. The van der Waals surface area contributed by atoms with Gasteiger partial charge in [-0.15, -0.1) is 0 Å². The van der Waals surface area contributed by atoms with Crippen molar-refractivity contribution in [2.24, 2.45) is 0 Å². The van der Waals surface area contributed by atoms with E-state index in [-0.39, 0.29) is 0 Å². The predicted octanol–water partition coefficient (Wildman–Crippen LogP) is 3.64. The molecule has 11 heavy (non-hydrogen) atoms. The lowest BCUT2D eigenvalue weighted by Gasteiger charge is -2.00. The minimum absolute atomic E-state index is 0.609. The SMILES string of the molecule is C=C(Cl)Cc1ccccc1Cl. The van der Waals surface area contributed by atoms with Crippen molar-refractivity contribution in [3.63, 3.8) is 0 Å². The minimum atomic E-state index is 0.609. The van der Waals surface area contributed by atoms with Gasteiger partial charge >= 0.3 is 0 Å². The van der Waals surface area contributed by atoms with Crippen molar-refractivity contribution in [1.29, 1.82) is 0 Å². The Labute approximate surface area is 76.4 Å². The number of halogens is 2. The fourth-order valence-electron chi connectivity index (χ4n) is 0.848. The third-order valence-electron chi connectivity index (χ3n) is 1.34. The largest absolute Gasteiger partial charge is 0.0894 e. The Hall–Kier alpha value is -0.460. The first-order valence-corrected chi connectivity index (χ1v) is 4.02. The van der Waals surface area contributed by atoms with Gasteiger partial charge in [-0.3, -0.25) is 0 Å². The highest BCUT2D eigenvalue weighted by molar-refractivity contribution is 6.32. The fraction of sp³-hybridized carbons (Fsp3) is 0.111. The molecule has 1 rings (SSSR count). The molecule has 0 radical (unpaired) electrons. The molecule has 0 atom stereocenters. The number of hydrogen-bond donors (Lipinski definition) is 0. The van der Waals surface area contributed by atoms with Gasteiger partial charge in [-0.05, 0) is 11.6 Å². The highest BCUT2D eigenvalue weighted by atomic mass is 35.5. The van der Waals surface area contributed by atoms with E-state index < -0.39 is 0 Å². The van der Waals surface area contributed by atoms with Gasteiger partial charge in [0.25, 0.3) is 0 Å². The number of benzene rings is 1. The molecule has 0 N–H and O–H groups in total. The zero-order valence-corrected chi connectivity index (χ0v) is 7.49. The zero-order chi connectivity index (χ0) is 8.27. The summed E-state index contributed by atoms with van der Waals surface area (Å²) in [5.74, 6) is 0. The third kappa shape index (κ3) is 2.57. The molecule has 58 valence electrons. The molecule has 0 aliphatic carbocycles. The maximum absolute atomic E-state index is 5.87. The molecule has 1 aromatic carbocycles. The maximum Gasteiger partial charge on any atom is 0.0441 e. The van der Waals surface area contributed by atoms with Crippen LogP contribution in [0.2, 0.25) is 5.02 Å². The summed E-state index contributed by atoms with van der Waals surface area (Å²) in [7, 11) is 0. The number of rotatable bonds is 2. The lowest BCUT2D eigenvalue weighted by molar-refractivity contribution is 1.25. The van der Waals surface area contributed by atoms with Crippen LogP contribution in [0.4, 0.5) is 0 Å². The van der Waals surface area contributed by atoms with Gasteiger partial charge in [-0.2, -0.15) is 0 Å². The van der Waals surface area contributed by atoms with Crippen molar-refractivity contribution in [1.82, 2.24) is 0 Å². The van der Waals surface area contributed by atoms with Gasteiger partial charge in [-0.1, -0.05) is 48.0 Å². The van der Waals surface area contributed by atoms with E-state index in [0.29, 0.717) is 11.5 Å². The fourth-order valence-corrected chi connectivity index (χ4v) is 1.19. The van der Waals surface area contributed by atoms with E-state index in [9.17, 15) is 0 Å². The van der Waals surface area contributed by atoms with Crippen LogP contribution in [-0.4, -0.2) is 0 Å². The van der Waals surface area contributed by atoms with Crippen LogP contribution in [0.1, 0.15) is 5.56 Å². The van der Waals surface area contributed by atoms with Gasteiger partial charge in [0.05, 0.1) is 0 Å². The Morgan fingerprint density at radius 3 is 2.55 bits per heavy atom. The second-order valence-corrected chi connectivity index (χ2v) is 3.23. The zero-order valence-electron chi connectivity index (χ0n) is 5.98. The smallest absolute Gasteiger partial charge is 0.0441 e. The van der Waals surface area contributed by atoms with Crippen molar-refractivity contribution in [3.8, 4) is 0 Å². The van der Waals surface area contributed by atoms with E-state index in [4.69, 9.17) is 23.2 Å². The molecule has 0 fully saturated rings. The number of hydrogen-bond acceptors (Lipinski definition) is 0. The molecule has 2 heteroatoms. The molecule has 0 heterocycles. The van der Waals surface area contributed by atoms with Crippen molar-refractivity contribution in [3.05, 3.63) is 46.5 Å². The Kier molecular flexibility index (Phi) is 2.98. The van der Waals surface area contributed by atoms with E-state index in [0.717, 1.165) is 10.6 Å². The quantitative estimate of drug-likeness (QED) is 0.662. The van der Waals surface area contributed by atoms with Gasteiger partial charge < -0.3 is 0 Å². The summed E-state index contributed by atoms with van der Waals surface area (Å²) in [6.07, 6.45) is 0.640. The summed E-state index contributed by atoms with van der Waals surface area (Å²) in [5.41, 5.74) is 1.02. The minimum Gasteiger partial charge on any atom is -0.0894 e. The maximum atomic E-state index is 5.87. The Morgan fingerprint density at radius 2 is 2.00 bits per heavy atom. The summed E-state index contributed by atoms with van der Waals surface area (Å²) < 4.78 is 0. The first kappa shape index (κ1) is 8.63. The topological polar surface area (TPSA) is 0 Å². The van der Waals surface area contributed by atoms with Crippen LogP contribution in [0.25, 0.3) is 0 Å². The van der Waals surface area contributed by atoms with E-state index >= 15 is 0 Å². The average molecular weight is 187 g/mol. The lowest BCUT2D eigenvalue weighted by atomic mass is 10.1. The van der Waals surface area contributed by atoms with Crippen LogP contribution in [0, 0.1) is 0 Å². The first-order chi connectivity index (χ1) is 5.20. The van der Waals surface area contributed by atoms with Crippen LogP contribution in [0.3, 0.4) is 0 Å². The predicted molar refractivity (Wildman–Crippen MR) is 50.1 cm³/mol. The standard InChI is InChI=1S/C9H8Cl2/c1-7(10)6-8-4-2-3-5-9(8)11/h2-5H,1,6H2. The molecule has 0 saturated heterocycles. The monoisotopic (exact) mass is 186 g/mol. The van der Waals surface area contributed by atoms with Crippen LogP contribution < -0.4 is 0 Å². The molecule has 0 nitrogen and oxygen atoms in total.